The van der Waals surface area contributed by atoms with E-state index in [1.54, 1.807) is 20.8 Å². The number of para-hydroxylation sites is 1. The summed E-state index contributed by atoms with van der Waals surface area (Å²) in [6, 6.07) is 7.60. The summed E-state index contributed by atoms with van der Waals surface area (Å²) in [6.45, 7) is 9.45. The zero-order valence-electron chi connectivity index (χ0n) is 17.5. The fourth-order valence-electron chi connectivity index (χ4n) is 2.40. The molecule has 0 aromatic heterocycles. The average molecular weight is 392 g/mol. The first kappa shape index (κ1) is 23.5. The maximum Gasteiger partial charge on any atom is 0.407 e. The van der Waals surface area contributed by atoms with Crippen molar-refractivity contribution < 1.29 is 23.9 Å². The minimum Gasteiger partial charge on any atom is -0.456 e. The van der Waals surface area contributed by atoms with E-state index in [9.17, 15) is 14.4 Å². The van der Waals surface area contributed by atoms with Gasteiger partial charge in [-0.2, -0.15) is 0 Å². The molecule has 0 heterocycles. The molecule has 0 saturated heterocycles. The quantitative estimate of drug-likeness (QED) is 0.490. The SMILES string of the molecule is CC[C@@H](C)c1ccccc1NC(=O)COC(=O)CCCNC(=O)OC(C)(C)C. The summed E-state index contributed by atoms with van der Waals surface area (Å²) in [4.78, 5) is 35.3. The normalized spacial score (nSPS) is 12.0. The van der Waals surface area contributed by atoms with Crippen LogP contribution in [0.3, 0.4) is 0 Å². The monoisotopic (exact) mass is 392 g/mol. The molecule has 0 unspecified atom stereocenters. The van der Waals surface area contributed by atoms with Crippen LogP contribution in [0.25, 0.3) is 0 Å². The first-order valence-electron chi connectivity index (χ1n) is 9.63. The number of carbonyl (C=O) groups excluding carboxylic acids is 3. The van der Waals surface area contributed by atoms with E-state index in [2.05, 4.69) is 24.5 Å². The molecule has 0 aliphatic carbocycles. The number of alkyl carbamates (subject to hydrolysis) is 1. The predicted molar refractivity (Wildman–Crippen MR) is 108 cm³/mol. The molecule has 0 bridgehead atoms. The van der Waals surface area contributed by atoms with Crippen molar-refractivity contribution in [3.63, 3.8) is 0 Å². The summed E-state index contributed by atoms with van der Waals surface area (Å²) in [7, 11) is 0. The standard InChI is InChI=1S/C21H32N2O5/c1-6-15(2)16-10-7-8-11-17(16)23-18(24)14-27-19(25)12-9-13-22-20(26)28-21(3,4)5/h7-8,10-11,15H,6,9,12-14H2,1-5H3,(H,22,26)(H,23,24)/t15-/m1/s1. The van der Waals surface area contributed by atoms with Crippen molar-refractivity contribution in [2.45, 2.75) is 65.4 Å². The number of carbonyl (C=O) groups is 3. The Morgan fingerprint density at radius 1 is 1.14 bits per heavy atom. The molecule has 0 aliphatic rings. The van der Waals surface area contributed by atoms with Crippen molar-refractivity contribution >= 4 is 23.7 Å². The van der Waals surface area contributed by atoms with Crippen molar-refractivity contribution in [1.82, 2.24) is 5.32 Å². The Bertz CT molecular complexity index is 667. The van der Waals surface area contributed by atoms with Crippen LogP contribution in [0.5, 0.6) is 0 Å². The minimum atomic E-state index is -0.566. The molecule has 1 rings (SSSR count). The van der Waals surface area contributed by atoms with E-state index in [1.165, 1.54) is 0 Å². The second-order valence-corrected chi connectivity index (χ2v) is 7.64. The van der Waals surface area contributed by atoms with Crippen LogP contribution < -0.4 is 10.6 Å². The summed E-state index contributed by atoms with van der Waals surface area (Å²) in [5, 5.41) is 5.36. The Balaban J connectivity index is 2.30. The van der Waals surface area contributed by atoms with E-state index in [4.69, 9.17) is 9.47 Å². The van der Waals surface area contributed by atoms with E-state index < -0.39 is 17.7 Å². The topological polar surface area (TPSA) is 93.7 Å². The van der Waals surface area contributed by atoms with Gasteiger partial charge in [0.15, 0.2) is 6.61 Å². The molecular weight excluding hydrogens is 360 g/mol. The summed E-state index contributed by atoms with van der Waals surface area (Å²) in [6.07, 6.45) is 0.933. The summed E-state index contributed by atoms with van der Waals surface area (Å²) < 4.78 is 10.1. The molecule has 0 spiro atoms. The molecule has 0 saturated carbocycles. The third-order valence-corrected chi connectivity index (χ3v) is 3.97. The average Bonchev–Trinajstić information content (AvgIpc) is 2.62. The van der Waals surface area contributed by atoms with Crippen LogP contribution in [0.1, 0.15) is 65.4 Å². The highest BCUT2D eigenvalue weighted by Gasteiger charge is 2.16. The molecule has 2 N–H and O–H groups in total. The van der Waals surface area contributed by atoms with Gasteiger partial charge in [-0.25, -0.2) is 4.79 Å². The molecular formula is C21H32N2O5. The molecule has 156 valence electrons. The number of hydrogen-bond acceptors (Lipinski definition) is 5. The van der Waals surface area contributed by atoms with Crippen LogP contribution in [0.2, 0.25) is 0 Å². The number of benzene rings is 1. The molecule has 7 nitrogen and oxygen atoms in total. The molecule has 0 fully saturated rings. The van der Waals surface area contributed by atoms with Gasteiger partial charge < -0.3 is 20.1 Å². The van der Waals surface area contributed by atoms with E-state index in [0.29, 0.717) is 18.9 Å². The van der Waals surface area contributed by atoms with E-state index in [0.717, 1.165) is 17.7 Å². The van der Waals surface area contributed by atoms with Gasteiger partial charge in [0.1, 0.15) is 5.60 Å². The van der Waals surface area contributed by atoms with E-state index >= 15 is 0 Å². The first-order valence-corrected chi connectivity index (χ1v) is 9.63. The largest absolute Gasteiger partial charge is 0.456 e. The fourth-order valence-corrected chi connectivity index (χ4v) is 2.40. The summed E-state index contributed by atoms with van der Waals surface area (Å²) in [5.74, 6) is -0.552. The van der Waals surface area contributed by atoms with Crippen LogP contribution >= 0.6 is 0 Å². The van der Waals surface area contributed by atoms with Gasteiger partial charge in [0.2, 0.25) is 0 Å². The number of anilines is 1. The Morgan fingerprint density at radius 2 is 1.82 bits per heavy atom. The number of hydrogen-bond donors (Lipinski definition) is 2. The molecule has 1 aromatic carbocycles. The summed E-state index contributed by atoms with van der Waals surface area (Å²) >= 11 is 0. The molecule has 0 aliphatic heterocycles. The van der Waals surface area contributed by atoms with Gasteiger partial charge in [0, 0.05) is 18.7 Å². The van der Waals surface area contributed by atoms with Crippen molar-refractivity contribution in [1.29, 1.82) is 0 Å². The minimum absolute atomic E-state index is 0.104. The number of ether oxygens (including phenoxy) is 2. The lowest BCUT2D eigenvalue weighted by Crippen LogP contribution is -2.33. The highest BCUT2D eigenvalue weighted by molar-refractivity contribution is 5.93. The third-order valence-electron chi connectivity index (χ3n) is 3.97. The molecule has 1 atom stereocenters. The Hall–Kier alpha value is -2.57. The van der Waals surface area contributed by atoms with Crippen LogP contribution in [0.4, 0.5) is 10.5 Å². The second kappa shape index (κ2) is 11.3. The second-order valence-electron chi connectivity index (χ2n) is 7.64. The number of nitrogens with one attached hydrogen (secondary N) is 2. The van der Waals surface area contributed by atoms with Gasteiger partial charge in [-0.3, -0.25) is 9.59 Å². The molecule has 7 heteroatoms. The Morgan fingerprint density at radius 3 is 2.46 bits per heavy atom. The Kier molecular flexibility index (Phi) is 9.48. The number of amides is 2. The van der Waals surface area contributed by atoms with Crippen molar-refractivity contribution in [2.24, 2.45) is 0 Å². The maximum absolute atomic E-state index is 12.1. The first-order chi connectivity index (χ1) is 13.1. The predicted octanol–water partition coefficient (Wildman–Crippen LogP) is 3.99. The van der Waals surface area contributed by atoms with Crippen molar-refractivity contribution in [3.05, 3.63) is 29.8 Å². The molecule has 28 heavy (non-hydrogen) atoms. The highest BCUT2D eigenvalue weighted by Crippen LogP contribution is 2.26. The number of rotatable bonds is 9. The van der Waals surface area contributed by atoms with Crippen LogP contribution in [-0.2, 0) is 19.1 Å². The lowest BCUT2D eigenvalue weighted by Gasteiger charge is -2.19. The lowest BCUT2D eigenvalue weighted by molar-refractivity contribution is -0.147. The third kappa shape index (κ3) is 9.39. The summed E-state index contributed by atoms with van der Waals surface area (Å²) in [5.41, 5.74) is 1.22. The fraction of sp³-hybridized carbons (Fsp3) is 0.571. The van der Waals surface area contributed by atoms with Crippen LogP contribution in [0.15, 0.2) is 24.3 Å². The van der Waals surface area contributed by atoms with Crippen molar-refractivity contribution in [3.8, 4) is 0 Å². The van der Waals surface area contributed by atoms with Crippen LogP contribution in [-0.4, -0.2) is 36.7 Å². The molecule has 2 amide bonds. The highest BCUT2D eigenvalue weighted by atomic mass is 16.6. The molecule has 1 aromatic rings. The molecule has 0 radical (unpaired) electrons. The zero-order chi connectivity index (χ0) is 21.2. The maximum atomic E-state index is 12.1. The van der Waals surface area contributed by atoms with Gasteiger partial charge in [-0.15, -0.1) is 0 Å². The van der Waals surface area contributed by atoms with Gasteiger partial charge in [0.25, 0.3) is 5.91 Å². The van der Waals surface area contributed by atoms with Gasteiger partial charge in [-0.1, -0.05) is 32.0 Å². The van der Waals surface area contributed by atoms with Crippen molar-refractivity contribution in [2.75, 3.05) is 18.5 Å². The van der Waals surface area contributed by atoms with Crippen LogP contribution in [0, 0.1) is 0 Å². The lowest BCUT2D eigenvalue weighted by atomic mass is 9.97. The van der Waals surface area contributed by atoms with Gasteiger partial charge in [-0.05, 0) is 51.2 Å². The van der Waals surface area contributed by atoms with Gasteiger partial charge >= 0.3 is 12.1 Å². The van der Waals surface area contributed by atoms with E-state index in [1.807, 2.05) is 24.3 Å². The number of esters is 1. The Labute approximate surface area is 167 Å². The smallest absolute Gasteiger partial charge is 0.407 e. The van der Waals surface area contributed by atoms with E-state index in [-0.39, 0.29) is 18.9 Å². The zero-order valence-corrected chi connectivity index (χ0v) is 17.5. The van der Waals surface area contributed by atoms with Gasteiger partial charge in [0.05, 0.1) is 0 Å².